The molecule has 1 aliphatic rings. The lowest BCUT2D eigenvalue weighted by atomic mass is 10.0. The van der Waals surface area contributed by atoms with E-state index in [2.05, 4.69) is 24.2 Å². The maximum absolute atomic E-state index is 8.76. The van der Waals surface area contributed by atoms with Gasteiger partial charge < -0.3 is 11.1 Å². The van der Waals surface area contributed by atoms with Gasteiger partial charge in [-0.2, -0.15) is 10.5 Å². The minimum Gasteiger partial charge on any atom is -0.382 e. The molecule has 1 atom stereocenters. The Morgan fingerprint density at radius 3 is 2.44 bits per heavy atom. The second-order valence-electron chi connectivity index (χ2n) is 3.65. The molecular weight excluding hydrogens is 202 g/mol. The largest absolute Gasteiger partial charge is 0.382 e. The first-order valence-corrected chi connectivity index (χ1v) is 5.32. The number of amidine groups is 1. The Labute approximate surface area is 95.3 Å². The minimum absolute atomic E-state index is 0.00490. The lowest BCUT2D eigenvalue weighted by Gasteiger charge is -2.18. The highest BCUT2D eigenvalue weighted by atomic mass is 15.2. The van der Waals surface area contributed by atoms with Crippen molar-refractivity contribution in [1.29, 1.82) is 10.5 Å². The lowest BCUT2D eigenvalue weighted by molar-refractivity contribution is 0.377. The van der Waals surface area contributed by atoms with Crippen LogP contribution in [0.1, 0.15) is 26.7 Å². The third-order valence-corrected chi connectivity index (χ3v) is 2.80. The zero-order chi connectivity index (χ0) is 12.1. The fraction of sp³-hybridized carbons (Fsp3) is 0.545. The second-order valence-corrected chi connectivity index (χ2v) is 3.65. The number of allylic oxidation sites excluding steroid dienone is 1. The van der Waals surface area contributed by atoms with Crippen LogP contribution in [0.2, 0.25) is 0 Å². The van der Waals surface area contributed by atoms with E-state index < -0.39 is 0 Å². The molecule has 1 rings (SSSR count). The number of hydrogen-bond donors (Lipinski definition) is 2. The maximum atomic E-state index is 8.76. The number of hydrogen-bond acceptors (Lipinski definition) is 5. The van der Waals surface area contributed by atoms with Gasteiger partial charge in [0.25, 0.3) is 0 Å². The quantitative estimate of drug-likeness (QED) is 0.689. The van der Waals surface area contributed by atoms with Crippen LogP contribution in [0.3, 0.4) is 0 Å². The fourth-order valence-corrected chi connectivity index (χ4v) is 1.76. The molecule has 16 heavy (non-hydrogen) atoms. The van der Waals surface area contributed by atoms with Gasteiger partial charge in [-0.25, -0.2) is 4.99 Å². The molecule has 1 heterocycles. The van der Waals surface area contributed by atoms with E-state index in [-0.39, 0.29) is 17.6 Å². The predicted molar refractivity (Wildman–Crippen MR) is 60.9 cm³/mol. The number of nitrogens with zero attached hydrogens (tertiary/aromatic N) is 3. The summed E-state index contributed by atoms with van der Waals surface area (Å²) in [4.78, 5) is 4.25. The molecular formula is C11H15N5. The molecule has 0 saturated carbocycles. The van der Waals surface area contributed by atoms with E-state index in [0.717, 1.165) is 12.8 Å². The number of nitriles is 2. The summed E-state index contributed by atoms with van der Waals surface area (Å²) in [7, 11) is 0. The highest BCUT2D eigenvalue weighted by Gasteiger charge is 2.27. The van der Waals surface area contributed by atoms with Crippen molar-refractivity contribution in [3.63, 3.8) is 0 Å². The van der Waals surface area contributed by atoms with Gasteiger partial charge in [-0.15, -0.1) is 0 Å². The highest BCUT2D eigenvalue weighted by Crippen LogP contribution is 2.20. The maximum Gasteiger partial charge on any atom is 0.156 e. The zero-order valence-corrected chi connectivity index (χ0v) is 9.49. The number of aliphatic imine (C=N–C) groups is 1. The summed E-state index contributed by atoms with van der Waals surface area (Å²) in [5.41, 5.74) is 6.07. The first-order valence-electron chi connectivity index (χ1n) is 5.32. The molecule has 1 aliphatic heterocycles. The molecule has 3 N–H and O–H groups in total. The van der Waals surface area contributed by atoms with E-state index in [1.807, 2.05) is 12.1 Å². The van der Waals surface area contributed by atoms with Gasteiger partial charge in [0, 0.05) is 0 Å². The predicted octanol–water partition coefficient (Wildman–Crippen LogP) is 1.01. The Morgan fingerprint density at radius 1 is 1.44 bits per heavy atom. The summed E-state index contributed by atoms with van der Waals surface area (Å²) in [6, 6.07) is 3.63. The van der Waals surface area contributed by atoms with E-state index in [4.69, 9.17) is 16.3 Å². The van der Waals surface area contributed by atoms with E-state index in [0.29, 0.717) is 11.6 Å². The van der Waals surface area contributed by atoms with Crippen LogP contribution in [0.4, 0.5) is 0 Å². The SMILES string of the molecule is CCC(CC)C1N=C(N)C(=C(C#N)C#N)N1. The zero-order valence-electron chi connectivity index (χ0n) is 9.49. The molecule has 0 saturated heterocycles. The van der Waals surface area contributed by atoms with Crippen molar-refractivity contribution >= 4 is 5.84 Å². The summed E-state index contributed by atoms with van der Waals surface area (Å²) in [6.07, 6.45) is 1.85. The standard InChI is InChI=1S/C11H15N5/c1-3-7(4-2)11-15-9(10(14)16-11)8(5-12)6-13/h7,11,15H,3-4H2,1-2H3,(H2,14,16). The molecule has 0 amide bonds. The lowest BCUT2D eigenvalue weighted by Crippen LogP contribution is -2.30. The molecule has 0 radical (unpaired) electrons. The van der Waals surface area contributed by atoms with Crippen molar-refractivity contribution in [3.8, 4) is 12.1 Å². The monoisotopic (exact) mass is 217 g/mol. The van der Waals surface area contributed by atoms with Crippen LogP contribution in [0.5, 0.6) is 0 Å². The molecule has 5 nitrogen and oxygen atoms in total. The number of nitrogens with two attached hydrogens (primary N) is 1. The molecule has 0 aromatic heterocycles. The Kier molecular flexibility index (Phi) is 3.90. The van der Waals surface area contributed by atoms with Crippen molar-refractivity contribution in [3.05, 3.63) is 11.3 Å². The molecule has 0 aromatic rings. The first kappa shape index (κ1) is 12.1. The van der Waals surface area contributed by atoms with Crippen molar-refractivity contribution in [2.24, 2.45) is 16.6 Å². The van der Waals surface area contributed by atoms with Crippen LogP contribution < -0.4 is 11.1 Å². The van der Waals surface area contributed by atoms with Gasteiger partial charge in [-0.05, 0) is 18.8 Å². The minimum atomic E-state index is -0.110. The van der Waals surface area contributed by atoms with Crippen LogP contribution in [0.15, 0.2) is 16.3 Å². The van der Waals surface area contributed by atoms with E-state index in [1.54, 1.807) is 0 Å². The van der Waals surface area contributed by atoms with E-state index in [9.17, 15) is 0 Å². The molecule has 84 valence electrons. The van der Waals surface area contributed by atoms with Gasteiger partial charge in [-0.3, -0.25) is 0 Å². The van der Waals surface area contributed by atoms with Crippen LogP contribution >= 0.6 is 0 Å². The van der Waals surface area contributed by atoms with Crippen LogP contribution in [0.25, 0.3) is 0 Å². The van der Waals surface area contributed by atoms with Gasteiger partial charge in [0.2, 0.25) is 0 Å². The first-order chi connectivity index (χ1) is 7.67. The van der Waals surface area contributed by atoms with Crippen LogP contribution in [0, 0.1) is 28.6 Å². The van der Waals surface area contributed by atoms with Crippen molar-refractivity contribution in [2.75, 3.05) is 0 Å². The van der Waals surface area contributed by atoms with E-state index in [1.165, 1.54) is 0 Å². The molecule has 0 aromatic carbocycles. The summed E-state index contributed by atoms with van der Waals surface area (Å²) in [5.74, 6) is 0.629. The smallest absolute Gasteiger partial charge is 0.156 e. The van der Waals surface area contributed by atoms with Gasteiger partial charge in [-0.1, -0.05) is 13.8 Å². The average molecular weight is 217 g/mol. The molecule has 0 fully saturated rings. The summed E-state index contributed by atoms with van der Waals surface area (Å²) >= 11 is 0. The second kappa shape index (κ2) is 5.18. The number of nitrogens with one attached hydrogen (secondary N) is 1. The topological polar surface area (TPSA) is 98.0 Å². The molecule has 0 bridgehead atoms. The number of rotatable bonds is 3. The van der Waals surface area contributed by atoms with Gasteiger partial charge >= 0.3 is 0 Å². The van der Waals surface area contributed by atoms with Gasteiger partial charge in [0.05, 0.1) is 0 Å². The Hall–Kier alpha value is -2.01. The van der Waals surface area contributed by atoms with Crippen molar-refractivity contribution < 1.29 is 0 Å². The van der Waals surface area contributed by atoms with Crippen molar-refractivity contribution in [1.82, 2.24) is 5.32 Å². The van der Waals surface area contributed by atoms with Crippen molar-refractivity contribution in [2.45, 2.75) is 32.9 Å². The summed E-state index contributed by atoms with van der Waals surface area (Å²) in [6.45, 7) is 4.16. The average Bonchev–Trinajstić information content (AvgIpc) is 2.65. The molecule has 0 aliphatic carbocycles. The Bertz CT molecular complexity index is 387. The molecule has 5 heteroatoms. The molecule has 0 spiro atoms. The molecule has 1 unspecified atom stereocenters. The van der Waals surface area contributed by atoms with Gasteiger partial charge in [0.1, 0.15) is 29.8 Å². The van der Waals surface area contributed by atoms with Crippen LogP contribution in [-0.4, -0.2) is 12.0 Å². The Morgan fingerprint density at radius 2 is 2.00 bits per heavy atom. The Balaban J connectivity index is 2.96. The van der Waals surface area contributed by atoms with Crippen LogP contribution in [-0.2, 0) is 0 Å². The third kappa shape index (κ3) is 2.14. The van der Waals surface area contributed by atoms with E-state index >= 15 is 0 Å². The fourth-order valence-electron chi connectivity index (χ4n) is 1.76. The summed E-state index contributed by atoms with van der Waals surface area (Å²) in [5, 5.41) is 20.6. The third-order valence-electron chi connectivity index (χ3n) is 2.80. The van der Waals surface area contributed by atoms with Gasteiger partial charge in [0.15, 0.2) is 5.57 Å². The normalized spacial score (nSPS) is 18.7. The highest BCUT2D eigenvalue weighted by molar-refractivity contribution is 6.00. The summed E-state index contributed by atoms with van der Waals surface area (Å²) < 4.78 is 0.